The van der Waals surface area contributed by atoms with Crippen molar-refractivity contribution in [3.8, 4) is 11.5 Å². The maximum atomic E-state index is 13.1. The molecule has 12 nitrogen and oxygen atoms in total. The van der Waals surface area contributed by atoms with Crippen LogP contribution in [0.5, 0.6) is 0 Å². The number of amides is 2. The number of nitrogens with zero attached hydrogens (tertiary/aromatic N) is 4. The van der Waals surface area contributed by atoms with Crippen molar-refractivity contribution < 1.29 is 23.6 Å². The minimum atomic E-state index is -1.35. The molecule has 1 aromatic heterocycles. The summed E-state index contributed by atoms with van der Waals surface area (Å²) < 4.78 is 5.80. The van der Waals surface area contributed by atoms with Crippen molar-refractivity contribution in [3.63, 3.8) is 0 Å². The highest BCUT2D eigenvalue weighted by Gasteiger charge is 2.55. The first-order valence-electron chi connectivity index (χ1n) is 10.5. The van der Waals surface area contributed by atoms with Gasteiger partial charge in [0.1, 0.15) is 24.2 Å². The first-order chi connectivity index (χ1) is 17.3. The molecule has 4 N–H and O–H groups in total. The predicted octanol–water partition coefficient (Wildman–Crippen LogP) is 0.726. The van der Waals surface area contributed by atoms with Crippen LogP contribution in [0.25, 0.3) is 17.0 Å². The topological polar surface area (TPSA) is 165 Å². The average Bonchev–Trinajstić information content (AvgIpc) is 3.55. The number of oxime groups is 1. The summed E-state index contributed by atoms with van der Waals surface area (Å²) in [5.41, 5.74) is 7.22. The molecular formula is C21H19N7O5S3. The minimum Gasteiger partial charge on any atom is -0.416 e. The summed E-state index contributed by atoms with van der Waals surface area (Å²) in [4.78, 5) is 43.3. The molecule has 1 unspecified atom stereocenters. The fourth-order valence-corrected chi connectivity index (χ4v) is 6.17. The normalized spacial score (nSPS) is 25.2. The maximum Gasteiger partial charge on any atom is 0.274 e. The molecule has 15 heteroatoms. The second-order valence-electron chi connectivity index (χ2n) is 7.69. The molecule has 186 valence electrons. The maximum absolute atomic E-state index is 13.1. The highest BCUT2D eigenvalue weighted by Crippen LogP contribution is 2.44. The molecule has 2 aromatic rings. The SMILES string of the molecule is CON=C(C(=O)N[C@@H]1C(=O)N2C(C(=O)S)=C(c3nnc(-c4ccccc4)o3)CS[C@H]12)C1(N)NC=CS1. The Kier molecular flexibility index (Phi) is 6.55. The predicted molar refractivity (Wildman–Crippen MR) is 137 cm³/mol. The van der Waals surface area contributed by atoms with E-state index < -0.39 is 33.3 Å². The summed E-state index contributed by atoms with van der Waals surface area (Å²) in [7, 11) is 1.29. The van der Waals surface area contributed by atoms with Crippen LogP contribution in [-0.4, -0.2) is 67.0 Å². The van der Waals surface area contributed by atoms with Gasteiger partial charge in [0.25, 0.3) is 11.8 Å². The molecule has 1 fully saturated rings. The Bertz CT molecular complexity index is 1320. The lowest BCUT2D eigenvalue weighted by Gasteiger charge is -2.49. The summed E-state index contributed by atoms with van der Waals surface area (Å²) in [6, 6.07) is 8.25. The number of thiol groups is 1. The van der Waals surface area contributed by atoms with Gasteiger partial charge in [0.05, 0.1) is 5.57 Å². The minimum absolute atomic E-state index is 0.0409. The standard InChI is InChI=1S/C21H19N7O5S3/c1-32-27-14(21(22)23-7-8-36-21)15(29)24-12-18(30)28-13(20(31)34)11(9-35-19(12)28)17-26-25-16(33-17)10-5-3-2-4-6-10/h2-8,12,19,23H,9,22H2,1H3,(H,24,29)(H,31,34)/t12-,19-,21?/m1/s1. The molecule has 2 amide bonds. The first-order valence-corrected chi connectivity index (χ1v) is 12.8. The Labute approximate surface area is 218 Å². The van der Waals surface area contributed by atoms with Crippen LogP contribution in [-0.2, 0) is 19.2 Å². The van der Waals surface area contributed by atoms with Crippen LogP contribution < -0.4 is 16.4 Å². The number of benzene rings is 1. The molecule has 0 aliphatic carbocycles. The smallest absolute Gasteiger partial charge is 0.274 e. The molecule has 3 atom stereocenters. The number of β-lactam (4-membered cyclic amide) rings is 1. The number of rotatable bonds is 7. The van der Waals surface area contributed by atoms with Crippen molar-refractivity contribution >= 4 is 64.4 Å². The van der Waals surface area contributed by atoms with Gasteiger partial charge in [-0.05, 0) is 17.5 Å². The average molecular weight is 546 g/mol. The van der Waals surface area contributed by atoms with Gasteiger partial charge < -0.3 is 19.9 Å². The lowest BCUT2D eigenvalue weighted by atomic mass is 10.0. The van der Waals surface area contributed by atoms with Gasteiger partial charge in [0.2, 0.25) is 16.9 Å². The lowest BCUT2D eigenvalue weighted by Crippen LogP contribution is -2.72. The Morgan fingerprint density at radius 3 is 2.75 bits per heavy atom. The van der Waals surface area contributed by atoms with E-state index in [0.29, 0.717) is 5.57 Å². The van der Waals surface area contributed by atoms with Crippen molar-refractivity contribution in [3.05, 3.63) is 53.5 Å². The summed E-state index contributed by atoms with van der Waals surface area (Å²) in [6.45, 7) is 0. The van der Waals surface area contributed by atoms with Crippen molar-refractivity contribution in [2.75, 3.05) is 12.9 Å². The van der Waals surface area contributed by atoms with E-state index in [4.69, 9.17) is 15.0 Å². The molecule has 5 rings (SSSR count). The van der Waals surface area contributed by atoms with E-state index in [2.05, 4.69) is 38.6 Å². The fraction of sp³-hybridized carbons (Fsp3) is 0.238. The summed E-state index contributed by atoms with van der Waals surface area (Å²) in [6.07, 6.45) is 1.58. The Hall–Kier alpha value is -3.27. The summed E-state index contributed by atoms with van der Waals surface area (Å²) in [5, 5.41) is 17.9. The zero-order valence-corrected chi connectivity index (χ0v) is 21.1. The van der Waals surface area contributed by atoms with Gasteiger partial charge in [-0.1, -0.05) is 47.7 Å². The molecule has 0 bridgehead atoms. The van der Waals surface area contributed by atoms with E-state index in [9.17, 15) is 14.4 Å². The third-order valence-corrected chi connectivity index (χ3v) is 7.98. The Morgan fingerprint density at radius 2 is 2.08 bits per heavy atom. The number of hydrogen-bond donors (Lipinski definition) is 4. The molecule has 1 saturated heterocycles. The van der Waals surface area contributed by atoms with Crippen LogP contribution in [0, 0.1) is 0 Å². The number of nitrogens with two attached hydrogens (primary N) is 1. The van der Waals surface area contributed by atoms with Gasteiger partial charge in [-0.3, -0.25) is 25.0 Å². The molecule has 0 radical (unpaired) electrons. The van der Waals surface area contributed by atoms with Gasteiger partial charge in [-0.25, -0.2) is 0 Å². The Balaban J connectivity index is 1.38. The highest BCUT2D eigenvalue weighted by molar-refractivity contribution is 8.04. The van der Waals surface area contributed by atoms with Crippen molar-refractivity contribution in [1.82, 2.24) is 25.7 Å². The second-order valence-corrected chi connectivity index (χ2v) is 10.4. The number of carbonyl (C=O) groups excluding carboxylic acids is 3. The van der Waals surface area contributed by atoms with Gasteiger partial charge in [-0.2, -0.15) is 0 Å². The van der Waals surface area contributed by atoms with E-state index in [0.717, 1.165) is 17.3 Å². The molecule has 0 saturated carbocycles. The number of carbonyl (C=O) groups is 3. The van der Waals surface area contributed by atoms with Crippen LogP contribution in [0.2, 0.25) is 0 Å². The molecule has 36 heavy (non-hydrogen) atoms. The Morgan fingerprint density at radius 1 is 1.33 bits per heavy atom. The van der Waals surface area contributed by atoms with Gasteiger partial charge >= 0.3 is 0 Å². The van der Waals surface area contributed by atoms with Crippen LogP contribution in [0.3, 0.4) is 0 Å². The third-order valence-electron chi connectivity index (χ3n) is 5.53. The van der Waals surface area contributed by atoms with E-state index in [1.807, 2.05) is 30.3 Å². The molecule has 1 aromatic carbocycles. The number of thioether (sulfide) groups is 2. The van der Waals surface area contributed by atoms with Crippen molar-refractivity contribution in [2.24, 2.45) is 10.9 Å². The zero-order valence-electron chi connectivity index (χ0n) is 18.6. The lowest BCUT2D eigenvalue weighted by molar-refractivity contribution is -0.145. The van der Waals surface area contributed by atoms with E-state index in [-0.39, 0.29) is 28.9 Å². The molecule has 3 aliphatic heterocycles. The van der Waals surface area contributed by atoms with Gasteiger partial charge in [0.15, 0.2) is 10.7 Å². The zero-order chi connectivity index (χ0) is 25.4. The van der Waals surface area contributed by atoms with Crippen molar-refractivity contribution in [1.29, 1.82) is 0 Å². The highest BCUT2D eigenvalue weighted by atomic mass is 32.2. The number of aromatic nitrogens is 2. The summed E-state index contributed by atoms with van der Waals surface area (Å²) >= 11 is 6.45. The molecule has 3 aliphatic rings. The van der Waals surface area contributed by atoms with E-state index in [1.165, 1.54) is 23.8 Å². The van der Waals surface area contributed by atoms with E-state index >= 15 is 0 Å². The van der Waals surface area contributed by atoms with Gasteiger partial charge in [0, 0.05) is 17.5 Å². The number of nitrogens with one attached hydrogen (secondary N) is 2. The monoisotopic (exact) mass is 545 g/mol. The van der Waals surface area contributed by atoms with Crippen LogP contribution in [0.4, 0.5) is 0 Å². The largest absolute Gasteiger partial charge is 0.416 e. The second kappa shape index (κ2) is 9.65. The number of fused-ring (bicyclic) bond motifs is 1. The fourth-order valence-electron chi connectivity index (χ4n) is 3.86. The first kappa shape index (κ1) is 24.4. The third kappa shape index (κ3) is 4.17. The van der Waals surface area contributed by atoms with Gasteiger partial charge in [-0.15, -0.1) is 22.0 Å². The van der Waals surface area contributed by atoms with Crippen LogP contribution in [0.15, 0.2) is 57.2 Å². The van der Waals surface area contributed by atoms with Crippen molar-refractivity contribution in [2.45, 2.75) is 16.4 Å². The molecule has 4 heterocycles. The molecular weight excluding hydrogens is 526 g/mol. The van der Waals surface area contributed by atoms with Crippen LogP contribution in [0.1, 0.15) is 5.89 Å². The summed E-state index contributed by atoms with van der Waals surface area (Å²) in [5.74, 6) is -0.496. The molecule has 0 spiro atoms. The van der Waals surface area contributed by atoms with E-state index in [1.54, 1.807) is 11.6 Å². The van der Waals surface area contributed by atoms with Crippen LogP contribution >= 0.6 is 36.2 Å². The number of hydrogen-bond acceptors (Lipinski definition) is 12. The quantitative estimate of drug-likeness (QED) is 0.168.